The minimum Gasteiger partial charge on any atom is -0.383 e. The van der Waals surface area contributed by atoms with E-state index in [-0.39, 0.29) is 6.04 Å². The molecule has 2 rings (SSSR count). The first kappa shape index (κ1) is 12.2. The second kappa shape index (κ2) is 4.55. The van der Waals surface area contributed by atoms with Gasteiger partial charge in [0.25, 0.3) is 0 Å². The highest BCUT2D eigenvalue weighted by Gasteiger charge is 2.60. The quantitative estimate of drug-likeness (QED) is 0.791. The van der Waals surface area contributed by atoms with Crippen LogP contribution in [-0.2, 0) is 9.47 Å². The number of nitrogens with one attached hydrogen (secondary N) is 1. The Hall–Kier alpha value is -0.260. The Bertz CT molecular complexity index is 236. The van der Waals surface area contributed by atoms with Gasteiger partial charge in [0.05, 0.1) is 38.2 Å². The van der Waals surface area contributed by atoms with E-state index in [1.54, 1.807) is 7.11 Å². The van der Waals surface area contributed by atoms with Crippen LogP contribution in [0.5, 0.6) is 0 Å². The van der Waals surface area contributed by atoms with Crippen LogP contribution in [0.2, 0.25) is 0 Å². The van der Waals surface area contributed by atoms with Crippen LogP contribution in [0.1, 0.15) is 12.8 Å². The Labute approximate surface area is 94.5 Å². The Kier molecular flexibility index (Phi) is 3.47. The third-order valence-corrected chi connectivity index (χ3v) is 3.77. The van der Waals surface area contributed by atoms with Crippen LogP contribution in [-0.4, -0.2) is 51.9 Å². The van der Waals surface area contributed by atoms with Crippen molar-refractivity contribution in [2.45, 2.75) is 24.5 Å². The molecule has 0 bridgehead atoms. The van der Waals surface area contributed by atoms with Gasteiger partial charge in [-0.05, 0) is 12.8 Å². The summed E-state index contributed by atoms with van der Waals surface area (Å²) in [6, 6.07) is 0.0532. The van der Waals surface area contributed by atoms with Crippen molar-refractivity contribution in [2.75, 3.05) is 40.2 Å². The third kappa shape index (κ3) is 1.85. The molecule has 2 aliphatic rings. The van der Waals surface area contributed by atoms with Gasteiger partial charge in [0.15, 0.2) is 0 Å². The van der Waals surface area contributed by atoms with Crippen LogP contribution in [0, 0.1) is 5.41 Å². The molecule has 1 saturated carbocycles. The molecule has 0 aromatic carbocycles. The van der Waals surface area contributed by atoms with Gasteiger partial charge in [-0.15, -0.1) is 0 Å². The highest BCUT2D eigenvalue weighted by atomic mass is 19.1. The Morgan fingerprint density at radius 1 is 1.38 bits per heavy atom. The molecule has 0 radical (unpaired) electrons. The van der Waals surface area contributed by atoms with Crippen molar-refractivity contribution in [3.63, 3.8) is 0 Å². The van der Waals surface area contributed by atoms with Crippen LogP contribution >= 0.6 is 0 Å². The maximum Gasteiger partial charge on any atom is 0.0977 e. The zero-order chi connectivity index (χ0) is 11.6. The average molecular weight is 235 g/mol. The van der Waals surface area contributed by atoms with E-state index in [1.165, 1.54) is 0 Å². The summed E-state index contributed by atoms with van der Waals surface area (Å²) in [6.45, 7) is 0.695. The molecule has 1 atom stereocenters. The topological polar surface area (TPSA) is 30.5 Å². The van der Waals surface area contributed by atoms with Crippen LogP contribution < -0.4 is 5.32 Å². The lowest BCUT2D eigenvalue weighted by atomic mass is 9.57. The van der Waals surface area contributed by atoms with Gasteiger partial charge in [-0.25, -0.2) is 0 Å². The maximum atomic E-state index is 12.8. The number of morpholine rings is 1. The first-order valence-electron chi connectivity index (χ1n) is 5.68. The SMILES string of the molecule is COCC1NCCOC12CC(CF)(CF)C2. The van der Waals surface area contributed by atoms with Crippen LogP contribution in [0.25, 0.3) is 0 Å². The number of halogens is 2. The first-order valence-corrected chi connectivity index (χ1v) is 5.68. The van der Waals surface area contributed by atoms with Gasteiger partial charge in [-0.3, -0.25) is 8.78 Å². The molecule has 1 saturated heterocycles. The zero-order valence-corrected chi connectivity index (χ0v) is 9.60. The van der Waals surface area contributed by atoms with Crippen molar-refractivity contribution in [1.29, 1.82) is 0 Å². The molecule has 3 nitrogen and oxygen atoms in total. The smallest absolute Gasteiger partial charge is 0.0977 e. The summed E-state index contributed by atoms with van der Waals surface area (Å²) in [4.78, 5) is 0. The molecular formula is C11H19F2NO2. The monoisotopic (exact) mass is 235 g/mol. The van der Waals surface area contributed by atoms with Crippen molar-refractivity contribution in [3.8, 4) is 0 Å². The lowest BCUT2D eigenvalue weighted by Crippen LogP contribution is -2.69. The molecule has 0 aromatic rings. The Morgan fingerprint density at radius 2 is 2.06 bits per heavy atom. The molecule has 2 fully saturated rings. The molecular weight excluding hydrogens is 216 g/mol. The predicted molar refractivity (Wildman–Crippen MR) is 56.0 cm³/mol. The van der Waals surface area contributed by atoms with Crippen LogP contribution in [0.3, 0.4) is 0 Å². The molecule has 1 aliphatic carbocycles. The normalized spacial score (nSPS) is 31.3. The highest BCUT2D eigenvalue weighted by molar-refractivity contribution is 5.12. The predicted octanol–water partition coefficient (Wildman–Crippen LogP) is 1.08. The summed E-state index contributed by atoms with van der Waals surface area (Å²) in [5, 5.41) is 3.30. The van der Waals surface area contributed by atoms with Crippen molar-refractivity contribution in [3.05, 3.63) is 0 Å². The summed E-state index contributed by atoms with van der Waals surface area (Å²) < 4.78 is 36.5. The van der Waals surface area contributed by atoms with Gasteiger partial charge in [-0.2, -0.15) is 0 Å². The number of rotatable bonds is 4. The molecule has 1 heterocycles. The second-order valence-electron chi connectivity index (χ2n) is 5.00. The number of hydrogen-bond donors (Lipinski definition) is 1. The minimum absolute atomic E-state index is 0.0532. The average Bonchev–Trinajstić information content (AvgIpc) is 2.27. The van der Waals surface area contributed by atoms with E-state index < -0.39 is 24.4 Å². The summed E-state index contributed by atoms with van der Waals surface area (Å²) in [6.07, 6.45) is 0.905. The van der Waals surface area contributed by atoms with Crippen LogP contribution in [0.4, 0.5) is 8.78 Å². The van der Waals surface area contributed by atoms with E-state index in [4.69, 9.17) is 9.47 Å². The lowest BCUT2D eigenvalue weighted by Gasteiger charge is -2.58. The number of alkyl halides is 2. The summed E-state index contributed by atoms with van der Waals surface area (Å²) in [5.74, 6) is 0. The summed E-state index contributed by atoms with van der Waals surface area (Å²) in [7, 11) is 1.63. The number of ether oxygens (including phenoxy) is 2. The fraction of sp³-hybridized carbons (Fsp3) is 1.00. The van der Waals surface area contributed by atoms with E-state index in [1.807, 2.05) is 0 Å². The third-order valence-electron chi connectivity index (χ3n) is 3.77. The Balaban J connectivity index is 2.02. The van der Waals surface area contributed by atoms with Gasteiger partial charge >= 0.3 is 0 Å². The molecule has 0 amide bonds. The lowest BCUT2D eigenvalue weighted by molar-refractivity contribution is -0.217. The minimum atomic E-state index is -0.801. The summed E-state index contributed by atoms with van der Waals surface area (Å²) >= 11 is 0. The van der Waals surface area contributed by atoms with E-state index >= 15 is 0 Å². The van der Waals surface area contributed by atoms with Crippen LogP contribution in [0.15, 0.2) is 0 Å². The molecule has 1 aliphatic heterocycles. The fourth-order valence-electron chi connectivity index (χ4n) is 2.94. The van der Waals surface area contributed by atoms with Crippen molar-refractivity contribution >= 4 is 0 Å². The molecule has 94 valence electrons. The van der Waals surface area contributed by atoms with Gasteiger partial charge < -0.3 is 14.8 Å². The molecule has 0 aromatic heterocycles. The van der Waals surface area contributed by atoms with E-state index in [2.05, 4.69) is 5.32 Å². The van der Waals surface area contributed by atoms with Crippen molar-refractivity contribution in [2.24, 2.45) is 5.41 Å². The molecule has 1 N–H and O–H groups in total. The van der Waals surface area contributed by atoms with Gasteiger partial charge in [0.1, 0.15) is 0 Å². The molecule has 16 heavy (non-hydrogen) atoms. The largest absolute Gasteiger partial charge is 0.383 e. The molecule has 1 unspecified atom stereocenters. The maximum absolute atomic E-state index is 12.8. The van der Waals surface area contributed by atoms with E-state index in [0.29, 0.717) is 26.1 Å². The standard InChI is InChI=1S/C11H19F2NO2/c1-15-4-9-11(16-3-2-14-9)5-10(6-11,7-12)8-13/h9,14H,2-8H2,1H3. The van der Waals surface area contributed by atoms with Gasteiger partial charge in [0.2, 0.25) is 0 Å². The fourth-order valence-corrected chi connectivity index (χ4v) is 2.94. The Morgan fingerprint density at radius 3 is 2.62 bits per heavy atom. The number of hydrogen-bond acceptors (Lipinski definition) is 3. The van der Waals surface area contributed by atoms with E-state index in [9.17, 15) is 8.78 Å². The summed E-state index contributed by atoms with van der Waals surface area (Å²) in [5.41, 5.74) is -1.21. The van der Waals surface area contributed by atoms with Crippen molar-refractivity contribution in [1.82, 2.24) is 5.32 Å². The van der Waals surface area contributed by atoms with Crippen molar-refractivity contribution < 1.29 is 18.3 Å². The molecule has 1 spiro atoms. The number of methoxy groups -OCH3 is 1. The van der Waals surface area contributed by atoms with E-state index in [0.717, 1.165) is 6.54 Å². The second-order valence-corrected chi connectivity index (χ2v) is 5.00. The van der Waals surface area contributed by atoms with Gasteiger partial charge in [-0.1, -0.05) is 0 Å². The zero-order valence-electron chi connectivity index (χ0n) is 9.60. The highest BCUT2D eigenvalue weighted by Crippen LogP contribution is 2.53. The molecule has 5 heteroatoms. The first-order chi connectivity index (χ1) is 7.70. The van der Waals surface area contributed by atoms with Gasteiger partial charge in [0, 0.05) is 19.1 Å².